The van der Waals surface area contributed by atoms with E-state index in [0.717, 1.165) is 11.3 Å². The number of carbonyl (C=O) groups excluding carboxylic acids is 1. The molecule has 1 rings (SSSR count). The number of carboxylic acid groups (broad SMARTS) is 1. The van der Waals surface area contributed by atoms with Crippen LogP contribution < -0.4 is 10.2 Å². The fourth-order valence-corrected chi connectivity index (χ4v) is 1.66. The lowest BCUT2D eigenvalue weighted by atomic mass is 10.00. The van der Waals surface area contributed by atoms with E-state index < -0.39 is 17.5 Å². The van der Waals surface area contributed by atoms with Gasteiger partial charge in [0, 0.05) is 12.7 Å². The molecule has 0 saturated carbocycles. The van der Waals surface area contributed by atoms with Crippen molar-refractivity contribution in [3.05, 3.63) is 29.8 Å². The lowest BCUT2D eigenvalue weighted by Crippen LogP contribution is -2.55. The predicted molar refractivity (Wildman–Crippen MR) is 74.4 cm³/mol. The molecule has 19 heavy (non-hydrogen) atoms. The van der Waals surface area contributed by atoms with Gasteiger partial charge in [-0.15, -0.1) is 0 Å². The maximum Gasteiger partial charge on any atom is 0.329 e. The number of carbonyl (C=O) groups is 2. The predicted octanol–water partition coefficient (Wildman–Crippen LogP) is 2.39. The van der Waals surface area contributed by atoms with E-state index in [0.29, 0.717) is 6.42 Å². The molecule has 5 nitrogen and oxygen atoms in total. The van der Waals surface area contributed by atoms with Crippen LogP contribution in [-0.2, 0) is 4.79 Å². The first kappa shape index (κ1) is 15.0. The molecule has 1 aromatic rings. The Morgan fingerprint density at radius 2 is 1.95 bits per heavy atom. The number of amides is 2. The maximum atomic E-state index is 12.1. The highest BCUT2D eigenvalue weighted by Gasteiger charge is 2.34. The van der Waals surface area contributed by atoms with Gasteiger partial charge in [0.15, 0.2) is 0 Å². The molecule has 2 N–H and O–H groups in total. The lowest BCUT2D eigenvalue weighted by Gasteiger charge is -2.28. The third-order valence-corrected chi connectivity index (χ3v) is 3.34. The Kier molecular flexibility index (Phi) is 4.53. The first-order chi connectivity index (χ1) is 8.81. The molecule has 1 aromatic carbocycles. The van der Waals surface area contributed by atoms with Gasteiger partial charge in [0.25, 0.3) is 0 Å². The molecule has 0 fully saturated rings. The molecule has 0 bridgehead atoms. The zero-order chi connectivity index (χ0) is 14.6. The fraction of sp³-hybridized carbons (Fsp3) is 0.429. The molecule has 0 radical (unpaired) electrons. The zero-order valence-electron chi connectivity index (χ0n) is 11.7. The van der Waals surface area contributed by atoms with Gasteiger partial charge in [-0.05, 0) is 31.9 Å². The van der Waals surface area contributed by atoms with Crippen molar-refractivity contribution >= 4 is 17.7 Å². The molecule has 1 unspecified atom stereocenters. The summed E-state index contributed by atoms with van der Waals surface area (Å²) in [5.41, 5.74) is 0.450. The van der Waals surface area contributed by atoms with Crippen molar-refractivity contribution in [3.63, 3.8) is 0 Å². The number of aryl methyl sites for hydroxylation is 1. The van der Waals surface area contributed by atoms with E-state index in [1.54, 1.807) is 14.0 Å². The third kappa shape index (κ3) is 3.24. The molecule has 2 amide bonds. The van der Waals surface area contributed by atoms with E-state index in [1.165, 1.54) is 11.8 Å². The summed E-state index contributed by atoms with van der Waals surface area (Å²) in [6, 6.07) is 7.01. The smallest absolute Gasteiger partial charge is 0.329 e. The van der Waals surface area contributed by atoms with Crippen LogP contribution in [0.2, 0.25) is 0 Å². The Bertz CT molecular complexity index is 487. The minimum absolute atomic E-state index is 0.315. The van der Waals surface area contributed by atoms with Gasteiger partial charge in [-0.3, -0.25) is 4.90 Å². The molecule has 5 heteroatoms. The summed E-state index contributed by atoms with van der Waals surface area (Å²) in [4.78, 5) is 24.7. The Morgan fingerprint density at radius 3 is 2.42 bits per heavy atom. The minimum atomic E-state index is -1.26. The number of aliphatic carboxylic acids is 1. The Morgan fingerprint density at radius 1 is 1.37 bits per heavy atom. The monoisotopic (exact) mass is 264 g/mol. The van der Waals surface area contributed by atoms with E-state index in [4.69, 9.17) is 5.11 Å². The van der Waals surface area contributed by atoms with Crippen molar-refractivity contribution in [3.8, 4) is 0 Å². The van der Waals surface area contributed by atoms with E-state index in [1.807, 2.05) is 31.2 Å². The number of nitrogens with zero attached hydrogens (tertiary/aromatic N) is 1. The molecule has 104 valence electrons. The first-order valence-electron chi connectivity index (χ1n) is 6.16. The molecule has 0 aromatic heterocycles. The molecule has 0 heterocycles. The van der Waals surface area contributed by atoms with Crippen LogP contribution in [0.4, 0.5) is 10.5 Å². The van der Waals surface area contributed by atoms with Crippen molar-refractivity contribution in [2.75, 3.05) is 11.9 Å². The molecular formula is C14H20N2O3. The quantitative estimate of drug-likeness (QED) is 0.877. The molecule has 0 spiro atoms. The van der Waals surface area contributed by atoms with Gasteiger partial charge in [0.1, 0.15) is 5.54 Å². The van der Waals surface area contributed by atoms with Gasteiger partial charge in [0.05, 0.1) is 0 Å². The molecule has 0 aliphatic heterocycles. The topological polar surface area (TPSA) is 69.6 Å². The number of para-hydroxylation sites is 1. The average Bonchev–Trinajstić information content (AvgIpc) is 2.38. The Balaban J connectivity index is 2.90. The highest BCUT2D eigenvalue weighted by molar-refractivity contribution is 5.95. The maximum absolute atomic E-state index is 12.1. The van der Waals surface area contributed by atoms with Crippen LogP contribution in [0.1, 0.15) is 25.8 Å². The second kappa shape index (κ2) is 5.73. The molecule has 0 aliphatic rings. The standard InChI is InChI=1S/C14H20N2O3/c1-5-14(3,12(17)18)15-13(19)16(4)11-9-7-6-8-10(11)2/h6-9H,5H2,1-4H3,(H,15,19)(H,17,18). The summed E-state index contributed by atoms with van der Waals surface area (Å²) in [5.74, 6) is -1.04. The van der Waals surface area contributed by atoms with Crippen molar-refractivity contribution in [2.24, 2.45) is 0 Å². The lowest BCUT2D eigenvalue weighted by molar-refractivity contribution is -0.143. The molecule has 1 atom stereocenters. The first-order valence-corrected chi connectivity index (χ1v) is 6.16. The molecule has 0 saturated heterocycles. The normalized spacial score (nSPS) is 13.5. The molecular weight excluding hydrogens is 244 g/mol. The number of hydrogen-bond donors (Lipinski definition) is 2. The SMILES string of the molecule is CCC(C)(NC(=O)N(C)c1ccccc1C)C(=O)O. The van der Waals surface area contributed by atoms with Crippen LogP contribution in [0.15, 0.2) is 24.3 Å². The summed E-state index contributed by atoms with van der Waals surface area (Å²) in [6.45, 7) is 5.12. The van der Waals surface area contributed by atoms with Gasteiger partial charge in [-0.25, -0.2) is 9.59 Å². The zero-order valence-corrected chi connectivity index (χ0v) is 11.7. The van der Waals surface area contributed by atoms with Gasteiger partial charge in [-0.2, -0.15) is 0 Å². The van der Waals surface area contributed by atoms with E-state index in [2.05, 4.69) is 5.32 Å². The fourth-order valence-electron chi connectivity index (χ4n) is 1.66. The van der Waals surface area contributed by atoms with Crippen LogP contribution in [0, 0.1) is 6.92 Å². The van der Waals surface area contributed by atoms with Crippen LogP contribution in [-0.4, -0.2) is 29.7 Å². The van der Waals surface area contributed by atoms with E-state index in [9.17, 15) is 9.59 Å². The third-order valence-electron chi connectivity index (χ3n) is 3.34. The second-order valence-electron chi connectivity index (χ2n) is 4.77. The minimum Gasteiger partial charge on any atom is -0.480 e. The highest BCUT2D eigenvalue weighted by Crippen LogP contribution is 2.19. The number of nitrogens with one attached hydrogen (secondary N) is 1. The summed E-state index contributed by atoms with van der Waals surface area (Å²) >= 11 is 0. The summed E-state index contributed by atoms with van der Waals surface area (Å²) in [7, 11) is 1.62. The van der Waals surface area contributed by atoms with Crippen molar-refractivity contribution in [1.29, 1.82) is 0 Å². The van der Waals surface area contributed by atoms with Crippen LogP contribution in [0.3, 0.4) is 0 Å². The highest BCUT2D eigenvalue weighted by atomic mass is 16.4. The molecule has 0 aliphatic carbocycles. The van der Waals surface area contributed by atoms with Gasteiger partial charge in [0.2, 0.25) is 0 Å². The number of rotatable bonds is 4. The number of hydrogen-bond acceptors (Lipinski definition) is 2. The van der Waals surface area contributed by atoms with Crippen molar-refractivity contribution < 1.29 is 14.7 Å². The Hall–Kier alpha value is -2.04. The Labute approximate surface area is 113 Å². The average molecular weight is 264 g/mol. The second-order valence-corrected chi connectivity index (χ2v) is 4.77. The largest absolute Gasteiger partial charge is 0.480 e. The van der Waals surface area contributed by atoms with Crippen molar-refractivity contribution in [1.82, 2.24) is 5.32 Å². The van der Waals surface area contributed by atoms with Crippen LogP contribution >= 0.6 is 0 Å². The van der Waals surface area contributed by atoms with Crippen molar-refractivity contribution in [2.45, 2.75) is 32.7 Å². The van der Waals surface area contributed by atoms with Gasteiger partial charge < -0.3 is 10.4 Å². The van der Waals surface area contributed by atoms with Gasteiger partial charge in [-0.1, -0.05) is 25.1 Å². The number of urea groups is 1. The van der Waals surface area contributed by atoms with Crippen LogP contribution in [0.5, 0.6) is 0 Å². The van der Waals surface area contributed by atoms with E-state index in [-0.39, 0.29) is 0 Å². The number of benzene rings is 1. The van der Waals surface area contributed by atoms with E-state index >= 15 is 0 Å². The van der Waals surface area contributed by atoms with Crippen LogP contribution in [0.25, 0.3) is 0 Å². The summed E-state index contributed by atoms with van der Waals surface area (Å²) in [5, 5.41) is 11.7. The number of anilines is 1. The summed E-state index contributed by atoms with van der Waals surface area (Å²) < 4.78 is 0. The number of carboxylic acids is 1. The van der Waals surface area contributed by atoms with Gasteiger partial charge >= 0.3 is 12.0 Å². The summed E-state index contributed by atoms with van der Waals surface area (Å²) in [6.07, 6.45) is 0.315.